The molecule has 2 nitrogen and oxygen atoms in total. The lowest BCUT2D eigenvalue weighted by Gasteiger charge is -2.26. The number of hydrogen-bond acceptors (Lipinski definition) is 6. The fourth-order valence-corrected chi connectivity index (χ4v) is 12.7. The topological polar surface area (TPSA) is 34.1 Å². The molecule has 0 saturated carbocycles. The molecular formula is C54H52O2S4. The Kier molecular flexibility index (Phi) is 11.6. The van der Waals surface area contributed by atoms with Gasteiger partial charge in [0.25, 0.3) is 0 Å². The van der Waals surface area contributed by atoms with Crippen LogP contribution in [0, 0.1) is 0 Å². The zero-order chi connectivity index (χ0) is 41.8. The molecule has 3 aliphatic rings. The lowest BCUT2D eigenvalue weighted by molar-refractivity contribution is 0.0970. The van der Waals surface area contributed by atoms with Gasteiger partial charge in [-0.25, -0.2) is 0 Å². The summed E-state index contributed by atoms with van der Waals surface area (Å²) < 4.78 is 0. The second kappa shape index (κ2) is 16.7. The molecule has 6 heteroatoms. The quantitative estimate of drug-likeness (QED) is 0.151. The van der Waals surface area contributed by atoms with Crippen molar-refractivity contribution in [3.8, 4) is 0 Å². The maximum atomic E-state index is 15.7. The van der Waals surface area contributed by atoms with Crippen LogP contribution in [0.5, 0.6) is 0 Å². The van der Waals surface area contributed by atoms with Crippen molar-refractivity contribution in [3.63, 3.8) is 0 Å². The van der Waals surface area contributed by atoms with Gasteiger partial charge in [0.1, 0.15) is 0 Å². The molecule has 0 amide bonds. The van der Waals surface area contributed by atoms with Crippen molar-refractivity contribution >= 4 is 58.6 Å². The number of rotatable bonds is 8. The van der Waals surface area contributed by atoms with E-state index in [2.05, 4.69) is 151 Å². The molecular weight excluding hydrogens is 809 g/mol. The molecule has 0 N–H and O–H groups in total. The zero-order valence-corrected chi connectivity index (χ0v) is 38.8. The summed E-state index contributed by atoms with van der Waals surface area (Å²) >= 11 is 6.38. The molecule has 0 bridgehead atoms. The first kappa shape index (κ1) is 41.4. The highest BCUT2D eigenvalue weighted by Gasteiger charge is 2.38. The summed E-state index contributed by atoms with van der Waals surface area (Å²) in [5.74, 6) is -0.153. The molecule has 0 unspecified atom stereocenters. The summed E-state index contributed by atoms with van der Waals surface area (Å²) in [5, 5.41) is 0. The van der Waals surface area contributed by atoms with Crippen molar-refractivity contribution in [2.24, 2.45) is 0 Å². The molecule has 6 aromatic carbocycles. The molecule has 6 aromatic rings. The summed E-state index contributed by atoms with van der Waals surface area (Å²) in [6, 6.07) is 39.2. The summed E-state index contributed by atoms with van der Waals surface area (Å²) in [4.78, 5) is 38.9. The summed E-state index contributed by atoms with van der Waals surface area (Å²) in [6.45, 7) is 13.3. The number of fused-ring (bicyclic) bond motifs is 4. The first-order valence-corrected chi connectivity index (χ1v) is 24.7. The summed E-state index contributed by atoms with van der Waals surface area (Å²) in [6.07, 6.45) is 9.28. The molecule has 0 heterocycles. The van der Waals surface area contributed by atoms with Gasteiger partial charge in [-0.1, -0.05) is 125 Å². The summed E-state index contributed by atoms with van der Waals surface area (Å²) in [7, 11) is 0. The van der Waals surface area contributed by atoms with E-state index >= 15 is 9.59 Å². The Hall–Kier alpha value is -3.94. The number of carbonyl (C=O) groups excluding carboxylic acids is 2. The normalized spacial score (nSPS) is 15.0. The molecule has 3 aliphatic carbocycles. The third kappa shape index (κ3) is 8.47. The minimum atomic E-state index is -0.0766. The van der Waals surface area contributed by atoms with Gasteiger partial charge in [-0.05, 0) is 168 Å². The van der Waals surface area contributed by atoms with Gasteiger partial charge in [0.05, 0.1) is 0 Å². The summed E-state index contributed by atoms with van der Waals surface area (Å²) in [5.41, 5.74) is 10.3. The third-order valence-corrected chi connectivity index (χ3v) is 16.4. The van der Waals surface area contributed by atoms with Crippen LogP contribution in [0.2, 0.25) is 0 Å². The fourth-order valence-electron chi connectivity index (χ4n) is 8.72. The predicted octanol–water partition coefficient (Wildman–Crippen LogP) is 15.4. The Bertz CT molecular complexity index is 2460. The molecule has 0 radical (unpaired) electrons. The molecule has 304 valence electrons. The molecule has 9 rings (SSSR count). The fraction of sp³-hybridized carbons (Fsp3) is 0.296. The number of benzene rings is 6. The van der Waals surface area contributed by atoms with E-state index in [-0.39, 0.29) is 22.4 Å². The molecule has 0 aromatic heterocycles. The van der Waals surface area contributed by atoms with Crippen LogP contribution in [0.4, 0.5) is 0 Å². The van der Waals surface area contributed by atoms with E-state index in [0.717, 1.165) is 64.8 Å². The molecule has 60 heavy (non-hydrogen) atoms. The first-order chi connectivity index (χ1) is 28.8. The zero-order valence-electron chi connectivity index (χ0n) is 35.5. The molecule has 0 fully saturated rings. The Balaban J connectivity index is 1.19. The van der Waals surface area contributed by atoms with Crippen molar-refractivity contribution in [2.75, 3.05) is 0 Å². The Morgan fingerprint density at radius 3 is 0.950 bits per heavy atom. The Morgan fingerprint density at radius 1 is 0.350 bits per heavy atom. The monoisotopic (exact) mass is 860 g/mol. The van der Waals surface area contributed by atoms with Gasteiger partial charge in [-0.2, -0.15) is 0 Å². The van der Waals surface area contributed by atoms with Crippen LogP contribution in [-0.4, -0.2) is 11.6 Å². The van der Waals surface area contributed by atoms with E-state index in [4.69, 9.17) is 0 Å². The van der Waals surface area contributed by atoms with E-state index in [1.165, 1.54) is 59.1 Å². The second-order valence-electron chi connectivity index (χ2n) is 18.5. The maximum absolute atomic E-state index is 15.7. The van der Waals surface area contributed by atoms with Crippen LogP contribution in [0.25, 0.3) is 0 Å². The van der Waals surface area contributed by atoms with Crippen LogP contribution in [0.3, 0.4) is 0 Å². The van der Waals surface area contributed by atoms with Gasteiger partial charge in [0.2, 0.25) is 0 Å². The third-order valence-electron chi connectivity index (χ3n) is 12.2. The Morgan fingerprint density at radius 2 is 0.633 bits per heavy atom. The van der Waals surface area contributed by atoms with Crippen LogP contribution >= 0.6 is 47.0 Å². The molecule has 0 saturated heterocycles. The number of ketones is 2. The van der Waals surface area contributed by atoms with Gasteiger partial charge in [-0.3, -0.25) is 9.59 Å². The number of carbonyl (C=O) groups is 2. The van der Waals surface area contributed by atoms with E-state index in [9.17, 15) is 0 Å². The molecule has 0 atom stereocenters. The van der Waals surface area contributed by atoms with Crippen LogP contribution in [0.1, 0.15) is 132 Å². The van der Waals surface area contributed by atoms with Crippen LogP contribution in [-0.2, 0) is 36.5 Å². The van der Waals surface area contributed by atoms with E-state index < -0.39 is 0 Å². The standard InChI is InChI=1S/C54H52O2S4/c1-53(2,3)37-17-23-39(24-18-37)57-43-27-28-44(58-40-25-19-38(20-26-40)54(4,5)6)48-47(43)51(55)49-45(59-41-21-15-33-11-7-9-13-35(33)31-41)29-30-46(50(49)52(48)56)60-42-22-16-34-12-8-10-14-36(34)32-42/h15-32H,7-14H2,1-6H3. The van der Waals surface area contributed by atoms with Gasteiger partial charge < -0.3 is 0 Å². The average Bonchev–Trinajstić information content (AvgIpc) is 3.23. The van der Waals surface area contributed by atoms with Crippen molar-refractivity contribution in [1.82, 2.24) is 0 Å². The lowest BCUT2D eigenvalue weighted by atomic mass is 9.84. The van der Waals surface area contributed by atoms with E-state index in [0.29, 0.717) is 22.3 Å². The minimum Gasteiger partial charge on any atom is -0.288 e. The van der Waals surface area contributed by atoms with Crippen molar-refractivity contribution in [3.05, 3.63) is 165 Å². The predicted molar refractivity (Wildman–Crippen MR) is 253 cm³/mol. The average molecular weight is 861 g/mol. The van der Waals surface area contributed by atoms with Crippen LogP contribution in [0.15, 0.2) is 148 Å². The molecule has 0 aliphatic heterocycles. The van der Waals surface area contributed by atoms with Gasteiger partial charge in [0.15, 0.2) is 11.6 Å². The minimum absolute atomic E-state index is 0.0271. The van der Waals surface area contributed by atoms with Crippen molar-refractivity contribution in [1.29, 1.82) is 0 Å². The maximum Gasteiger partial charge on any atom is 0.196 e. The smallest absolute Gasteiger partial charge is 0.196 e. The highest BCUT2D eigenvalue weighted by Crippen LogP contribution is 2.49. The molecule has 0 spiro atoms. The first-order valence-electron chi connectivity index (χ1n) is 21.4. The number of hydrogen-bond donors (Lipinski definition) is 0. The highest BCUT2D eigenvalue weighted by atomic mass is 32.2. The Labute approximate surface area is 373 Å². The van der Waals surface area contributed by atoms with Crippen molar-refractivity contribution < 1.29 is 9.59 Å². The van der Waals surface area contributed by atoms with Gasteiger partial charge >= 0.3 is 0 Å². The van der Waals surface area contributed by atoms with E-state index in [1.807, 2.05) is 0 Å². The largest absolute Gasteiger partial charge is 0.288 e. The van der Waals surface area contributed by atoms with E-state index in [1.54, 1.807) is 47.0 Å². The van der Waals surface area contributed by atoms with Gasteiger partial charge in [0, 0.05) is 61.4 Å². The van der Waals surface area contributed by atoms with Crippen molar-refractivity contribution in [2.45, 2.75) is 143 Å². The van der Waals surface area contributed by atoms with Gasteiger partial charge in [-0.15, -0.1) is 0 Å². The SMILES string of the molecule is CC(C)(C)c1ccc(Sc2ccc(Sc3ccc(C(C)(C)C)cc3)c3c2C(=O)c2c(Sc4ccc5c(c4)CCCC5)ccc(Sc4ccc5c(c4)CCCC5)c2C3=O)cc1. The van der Waals surface area contributed by atoms with Crippen LogP contribution < -0.4 is 0 Å². The highest BCUT2D eigenvalue weighted by molar-refractivity contribution is 8.00. The second-order valence-corrected chi connectivity index (χ2v) is 23.0. The lowest BCUT2D eigenvalue weighted by Crippen LogP contribution is -2.24. The number of aryl methyl sites for hydroxylation is 4.